The van der Waals surface area contributed by atoms with E-state index in [0.29, 0.717) is 26.3 Å². The molecule has 0 aliphatic carbocycles. The minimum atomic E-state index is -3.53. The zero-order valence-electron chi connectivity index (χ0n) is 10.8. The Bertz CT molecular complexity index is 474. The molecule has 6 heteroatoms. The first-order valence-corrected chi connectivity index (χ1v) is 7.40. The van der Waals surface area contributed by atoms with Gasteiger partial charge in [0.1, 0.15) is 4.90 Å². The van der Waals surface area contributed by atoms with Crippen molar-refractivity contribution in [1.82, 2.24) is 4.31 Å². The number of hydrogen-bond donors (Lipinski definition) is 1. The lowest BCUT2D eigenvalue weighted by Gasteiger charge is -2.21. The predicted molar refractivity (Wildman–Crippen MR) is 71.8 cm³/mol. The number of ether oxygens (including phenoxy) is 1. The van der Waals surface area contributed by atoms with Crippen LogP contribution in [0.1, 0.15) is 13.8 Å². The zero-order chi connectivity index (χ0) is 13.6. The van der Waals surface area contributed by atoms with Crippen LogP contribution in [0.5, 0.6) is 0 Å². The molecule has 102 valence electrons. The topological polar surface area (TPSA) is 72.6 Å². The molecule has 5 nitrogen and oxygen atoms in total. The number of hydrogen-bond acceptors (Lipinski definition) is 4. The van der Waals surface area contributed by atoms with Crippen molar-refractivity contribution < 1.29 is 13.2 Å². The van der Waals surface area contributed by atoms with Crippen LogP contribution in [0.15, 0.2) is 29.2 Å². The largest absolute Gasteiger partial charge is 0.398 e. The third-order valence-electron chi connectivity index (χ3n) is 2.58. The second kappa shape index (κ2) is 6.72. The molecule has 0 saturated carbocycles. The van der Waals surface area contributed by atoms with Crippen LogP contribution in [0.4, 0.5) is 5.69 Å². The summed E-state index contributed by atoms with van der Waals surface area (Å²) in [5.41, 5.74) is 5.99. The lowest BCUT2D eigenvalue weighted by atomic mass is 10.3. The molecule has 0 aliphatic heterocycles. The SMILES string of the molecule is CCOCCN(CC)S(=O)(=O)c1ccccc1N. The molecule has 1 rings (SSSR count). The van der Waals surface area contributed by atoms with E-state index in [-0.39, 0.29) is 10.6 Å². The summed E-state index contributed by atoms with van der Waals surface area (Å²) in [5.74, 6) is 0. The second-order valence-corrected chi connectivity index (χ2v) is 5.64. The average molecular weight is 272 g/mol. The van der Waals surface area contributed by atoms with Gasteiger partial charge in [0.15, 0.2) is 0 Å². The molecule has 1 aromatic rings. The molecule has 2 N–H and O–H groups in total. The first-order valence-electron chi connectivity index (χ1n) is 5.96. The van der Waals surface area contributed by atoms with Crippen molar-refractivity contribution in [3.63, 3.8) is 0 Å². The number of benzene rings is 1. The molecule has 0 amide bonds. The summed E-state index contributed by atoms with van der Waals surface area (Å²) < 4.78 is 31.3. The van der Waals surface area contributed by atoms with Gasteiger partial charge in [-0.05, 0) is 19.1 Å². The summed E-state index contributed by atoms with van der Waals surface area (Å²) in [6.07, 6.45) is 0. The summed E-state index contributed by atoms with van der Waals surface area (Å²) in [7, 11) is -3.53. The summed E-state index contributed by atoms with van der Waals surface area (Å²) in [6.45, 7) is 5.36. The van der Waals surface area contributed by atoms with Crippen LogP contribution in [-0.2, 0) is 14.8 Å². The van der Waals surface area contributed by atoms with Gasteiger partial charge in [0, 0.05) is 19.7 Å². The van der Waals surface area contributed by atoms with E-state index in [0.717, 1.165) is 0 Å². The van der Waals surface area contributed by atoms with Crippen molar-refractivity contribution in [1.29, 1.82) is 0 Å². The summed E-state index contributed by atoms with van der Waals surface area (Å²) in [4.78, 5) is 0.156. The zero-order valence-corrected chi connectivity index (χ0v) is 11.6. The number of nitrogens with two attached hydrogens (primary N) is 1. The Morgan fingerprint density at radius 2 is 1.94 bits per heavy atom. The fourth-order valence-electron chi connectivity index (χ4n) is 1.61. The maximum absolute atomic E-state index is 12.4. The maximum Gasteiger partial charge on any atom is 0.245 e. The van der Waals surface area contributed by atoms with E-state index in [1.54, 1.807) is 25.1 Å². The highest BCUT2D eigenvalue weighted by Crippen LogP contribution is 2.21. The molecular formula is C12H20N2O3S. The van der Waals surface area contributed by atoms with E-state index in [4.69, 9.17) is 10.5 Å². The molecule has 18 heavy (non-hydrogen) atoms. The highest BCUT2D eigenvalue weighted by atomic mass is 32.2. The van der Waals surface area contributed by atoms with Crippen molar-refractivity contribution in [2.75, 3.05) is 32.0 Å². The second-order valence-electron chi connectivity index (χ2n) is 3.73. The highest BCUT2D eigenvalue weighted by Gasteiger charge is 2.24. The monoisotopic (exact) mass is 272 g/mol. The first-order chi connectivity index (χ1) is 8.54. The molecule has 0 radical (unpaired) electrons. The lowest BCUT2D eigenvalue weighted by molar-refractivity contribution is 0.135. The van der Waals surface area contributed by atoms with Gasteiger partial charge in [-0.1, -0.05) is 19.1 Å². The molecule has 0 bridgehead atoms. The number of para-hydroxylation sites is 1. The minimum absolute atomic E-state index is 0.156. The highest BCUT2D eigenvalue weighted by molar-refractivity contribution is 7.89. The van der Waals surface area contributed by atoms with Gasteiger partial charge in [-0.25, -0.2) is 8.42 Å². The van der Waals surface area contributed by atoms with E-state index in [2.05, 4.69) is 0 Å². The fourth-order valence-corrected chi connectivity index (χ4v) is 3.16. The van der Waals surface area contributed by atoms with Crippen LogP contribution in [0.25, 0.3) is 0 Å². The van der Waals surface area contributed by atoms with E-state index >= 15 is 0 Å². The van der Waals surface area contributed by atoms with E-state index in [1.807, 2.05) is 6.92 Å². The molecule has 0 fully saturated rings. The van der Waals surface area contributed by atoms with Crippen molar-refractivity contribution >= 4 is 15.7 Å². The van der Waals surface area contributed by atoms with Crippen molar-refractivity contribution in [3.05, 3.63) is 24.3 Å². The van der Waals surface area contributed by atoms with Crippen LogP contribution in [0, 0.1) is 0 Å². The summed E-state index contributed by atoms with van der Waals surface area (Å²) in [6, 6.07) is 6.49. The van der Waals surface area contributed by atoms with Gasteiger partial charge in [-0.15, -0.1) is 0 Å². The van der Waals surface area contributed by atoms with Crippen molar-refractivity contribution in [2.45, 2.75) is 18.7 Å². The minimum Gasteiger partial charge on any atom is -0.398 e. The summed E-state index contributed by atoms with van der Waals surface area (Å²) in [5, 5.41) is 0. The number of rotatable bonds is 7. The molecule has 0 saturated heterocycles. The number of nitrogen functional groups attached to an aromatic ring is 1. The van der Waals surface area contributed by atoms with Gasteiger partial charge < -0.3 is 10.5 Å². The summed E-state index contributed by atoms with van der Waals surface area (Å²) >= 11 is 0. The predicted octanol–water partition coefficient (Wildman–Crippen LogP) is 1.32. The molecule has 1 aromatic carbocycles. The fraction of sp³-hybridized carbons (Fsp3) is 0.500. The third kappa shape index (κ3) is 3.44. The smallest absolute Gasteiger partial charge is 0.245 e. The number of nitrogens with zero attached hydrogens (tertiary/aromatic N) is 1. The van der Waals surface area contributed by atoms with E-state index in [1.165, 1.54) is 10.4 Å². The van der Waals surface area contributed by atoms with Crippen LogP contribution >= 0.6 is 0 Å². The van der Waals surface area contributed by atoms with Crippen molar-refractivity contribution in [3.8, 4) is 0 Å². The molecule has 0 unspecified atom stereocenters. The van der Waals surface area contributed by atoms with Gasteiger partial charge in [0.05, 0.1) is 12.3 Å². The van der Waals surface area contributed by atoms with Gasteiger partial charge in [-0.3, -0.25) is 0 Å². The normalized spacial score (nSPS) is 11.9. The van der Waals surface area contributed by atoms with Crippen molar-refractivity contribution in [2.24, 2.45) is 0 Å². The van der Waals surface area contributed by atoms with E-state index < -0.39 is 10.0 Å². The number of likely N-dealkylation sites (N-methyl/N-ethyl adjacent to an activating group) is 1. The Morgan fingerprint density at radius 3 is 2.50 bits per heavy atom. The van der Waals surface area contributed by atoms with Gasteiger partial charge >= 0.3 is 0 Å². The molecular weight excluding hydrogens is 252 g/mol. The van der Waals surface area contributed by atoms with Gasteiger partial charge in [0.2, 0.25) is 10.0 Å². The third-order valence-corrected chi connectivity index (χ3v) is 4.63. The van der Waals surface area contributed by atoms with Crippen LogP contribution in [0.3, 0.4) is 0 Å². The first kappa shape index (κ1) is 14.9. The quantitative estimate of drug-likeness (QED) is 0.600. The van der Waals surface area contributed by atoms with Gasteiger partial charge in [-0.2, -0.15) is 4.31 Å². The number of sulfonamides is 1. The van der Waals surface area contributed by atoms with E-state index in [9.17, 15) is 8.42 Å². The standard InChI is InChI=1S/C12H20N2O3S/c1-3-14(9-10-17-4-2)18(15,16)12-8-6-5-7-11(12)13/h5-8H,3-4,9-10,13H2,1-2H3. The lowest BCUT2D eigenvalue weighted by Crippen LogP contribution is -2.34. The Morgan fingerprint density at radius 1 is 1.28 bits per heavy atom. The average Bonchev–Trinajstić information content (AvgIpc) is 2.34. The molecule has 0 atom stereocenters. The Balaban J connectivity index is 2.93. The molecule has 0 aliphatic rings. The van der Waals surface area contributed by atoms with Crippen LogP contribution in [-0.4, -0.2) is 39.0 Å². The van der Waals surface area contributed by atoms with Gasteiger partial charge in [0.25, 0.3) is 0 Å². The van der Waals surface area contributed by atoms with Crippen LogP contribution < -0.4 is 5.73 Å². The molecule has 0 aromatic heterocycles. The Kier molecular flexibility index (Phi) is 5.58. The van der Waals surface area contributed by atoms with Crippen LogP contribution in [0.2, 0.25) is 0 Å². The molecule has 0 heterocycles. The Hall–Kier alpha value is -1.11. The maximum atomic E-state index is 12.4. The number of anilines is 1. The molecule has 0 spiro atoms. The Labute approximate surface area is 109 Å².